The van der Waals surface area contributed by atoms with Crippen LogP contribution < -0.4 is 0 Å². The lowest BCUT2D eigenvalue weighted by Crippen LogP contribution is -1.82. The molecular formula is C25H17BrO2. The van der Waals surface area contributed by atoms with Crippen molar-refractivity contribution in [1.82, 2.24) is 0 Å². The second-order valence-corrected chi connectivity index (χ2v) is 7.53. The van der Waals surface area contributed by atoms with Gasteiger partial charge in [-0.25, -0.2) is 0 Å². The number of rotatable bonds is 1. The van der Waals surface area contributed by atoms with Gasteiger partial charge in [0.2, 0.25) is 0 Å². The average Bonchev–Trinajstić information content (AvgIpc) is 3.27. The Labute approximate surface area is 170 Å². The van der Waals surface area contributed by atoms with Crippen LogP contribution in [0.15, 0.2) is 92.2 Å². The summed E-state index contributed by atoms with van der Waals surface area (Å²) in [4.78, 5) is 0. The van der Waals surface area contributed by atoms with Crippen LogP contribution in [0.3, 0.4) is 0 Å². The fourth-order valence-electron chi connectivity index (χ4n) is 4.00. The van der Waals surface area contributed by atoms with Gasteiger partial charge in [-0.15, -0.1) is 0 Å². The third-order valence-electron chi connectivity index (χ3n) is 5.17. The smallest absolute Gasteiger partial charge is 0.144 e. The highest BCUT2D eigenvalue weighted by Gasteiger charge is 2.18. The van der Waals surface area contributed by atoms with Crippen LogP contribution in [0.4, 0.5) is 0 Å². The predicted molar refractivity (Wildman–Crippen MR) is 121 cm³/mol. The van der Waals surface area contributed by atoms with Crippen molar-refractivity contribution in [1.29, 1.82) is 0 Å². The summed E-state index contributed by atoms with van der Waals surface area (Å²) in [5, 5.41) is 4.46. The van der Waals surface area contributed by atoms with E-state index < -0.39 is 0 Å². The average molecular weight is 429 g/mol. The minimum Gasteiger partial charge on any atom is -0.456 e. The molecular weight excluding hydrogens is 412 g/mol. The Kier molecular flexibility index (Phi) is 3.81. The van der Waals surface area contributed by atoms with Crippen molar-refractivity contribution in [2.24, 2.45) is 0 Å². The van der Waals surface area contributed by atoms with E-state index >= 15 is 0 Å². The lowest BCUT2D eigenvalue weighted by atomic mass is 9.97. The van der Waals surface area contributed by atoms with E-state index in [-0.39, 0.29) is 7.43 Å². The summed E-state index contributed by atoms with van der Waals surface area (Å²) < 4.78 is 13.4. The highest BCUT2D eigenvalue weighted by molar-refractivity contribution is 9.10. The van der Waals surface area contributed by atoms with Crippen LogP contribution in [0.1, 0.15) is 7.43 Å². The largest absolute Gasteiger partial charge is 0.456 e. The zero-order chi connectivity index (χ0) is 18.0. The lowest BCUT2D eigenvalue weighted by Gasteiger charge is -2.06. The summed E-state index contributed by atoms with van der Waals surface area (Å²) in [6, 6.07) is 26.7. The highest BCUT2D eigenvalue weighted by Crippen LogP contribution is 2.43. The summed E-state index contributed by atoms with van der Waals surface area (Å²) >= 11 is 3.71. The van der Waals surface area contributed by atoms with Gasteiger partial charge in [0.25, 0.3) is 0 Å². The van der Waals surface area contributed by atoms with Gasteiger partial charge in [0.15, 0.2) is 0 Å². The first kappa shape index (κ1) is 17.1. The highest BCUT2D eigenvalue weighted by atomic mass is 79.9. The van der Waals surface area contributed by atoms with Crippen molar-refractivity contribution in [3.05, 3.63) is 83.3 Å². The van der Waals surface area contributed by atoms with Gasteiger partial charge in [-0.2, -0.15) is 0 Å². The van der Waals surface area contributed by atoms with Crippen molar-refractivity contribution < 1.29 is 8.83 Å². The molecule has 0 radical (unpaired) electrons. The quantitative estimate of drug-likeness (QED) is 0.262. The molecule has 0 saturated carbocycles. The number of para-hydroxylation sites is 2. The standard InChI is InChI=1S/C24H13BrO2.CH4/c25-18-13-12-15(24-23(18)17-7-2-4-10-20(17)27-24)14-8-5-11-21-22(14)16-6-1-3-9-19(16)26-21;/h1-13H;1H4. The third kappa shape index (κ3) is 2.26. The van der Waals surface area contributed by atoms with E-state index in [1.54, 1.807) is 0 Å². The molecule has 0 aliphatic carbocycles. The van der Waals surface area contributed by atoms with Crippen molar-refractivity contribution in [2.75, 3.05) is 0 Å². The molecule has 0 atom stereocenters. The Morgan fingerprint density at radius 2 is 1.18 bits per heavy atom. The number of fused-ring (bicyclic) bond motifs is 6. The van der Waals surface area contributed by atoms with Crippen LogP contribution in [0.25, 0.3) is 55.0 Å². The van der Waals surface area contributed by atoms with Gasteiger partial charge < -0.3 is 8.83 Å². The van der Waals surface area contributed by atoms with E-state index in [9.17, 15) is 0 Å². The molecule has 2 heterocycles. The number of halogens is 1. The molecule has 0 spiro atoms. The molecule has 0 N–H and O–H groups in total. The first-order valence-corrected chi connectivity index (χ1v) is 9.61. The van der Waals surface area contributed by atoms with Crippen molar-refractivity contribution in [2.45, 2.75) is 7.43 Å². The first-order chi connectivity index (χ1) is 13.3. The van der Waals surface area contributed by atoms with Gasteiger partial charge in [0.05, 0.1) is 0 Å². The molecule has 0 saturated heterocycles. The maximum absolute atomic E-state index is 6.30. The van der Waals surface area contributed by atoms with Crippen LogP contribution >= 0.6 is 15.9 Å². The molecule has 3 heteroatoms. The Bertz CT molecular complexity index is 1490. The molecule has 6 rings (SSSR count). The number of benzene rings is 4. The molecule has 0 aliphatic heterocycles. The van der Waals surface area contributed by atoms with Crippen LogP contribution in [0.5, 0.6) is 0 Å². The maximum atomic E-state index is 6.30. The van der Waals surface area contributed by atoms with Gasteiger partial charge in [0.1, 0.15) is 22.3 Å². The molecule has 0 fully saturated rings. The number of furan rings is 2. The second kappa shape index (κ2) is 6.25. The molecule has 0 unspecified atom stereocenters. The van der Waals surface area contributed by atoms with E-state index in [1.165, 1.54) is 0 Å². The lowest BCUT2D eigenvalue weighted by molar-refractivity contribution is 0.668. The Balaban J connectivity index is 0.00000171. The van der Waals surface area contributed by atoms with Gasteiger partial charge in [0, 0.05) is 31.6 Å². The Morgan fingerprint density at radius 3 is 1.96 bits per heavy atom. The van der Waals surface area contributed by atoms with E-state index in [1.807, 2.05) is 48.5 Å². The minimum atomic E-state index is 0. The van der Waals surface area contributed by atoms with Crippen LogP contribution in [0.2, 0.25) is 0 Å². The van der Waals surface area contributed by atoms with Crippen LogP contribution in [-0.4, -0.2) is 0 Å². The second-order valence-electron chi connectivity index (χ2n) is 6.67. The number of hydrogen-bond donors (Lipinski definition) is 0. The number of hydrogen-bond acceptors (Lipinski definition) is 2. The topological polar surface area (TPSA) is 26.3 Å². The summed E-state index contributed by atoms with van der Waals surface area (Å²) in [5.41, 5.74) is 5.77. The third-order valence-corrected chi connectivity index (χ3v) is 5.83. The summed E-state index contributed by atoms with van der Waals surface area (Å²) in [6.07, 6.45) is 0. The van der Waals surface area contributed by atoms with Crippen LogP contribution in [0, 0.1) is 0 Å². The van der Waals surface area contributed by atoms with E-state index in [2.05, 4.69) is 46.3 Å². The van der Waals surface area contributed by atoms with Gasteiger partial charge in [-0.3, -0.25) is 0 Å². The molecule has 28 heavy (non-hydrogen) atoms. The SMILES string of the molecule is Brc1ccc(-c2cccc3oc4ccccc4c23)c2oc3ccccc3c12.C. The molecule has 0 bridgehead atoms. The first-order valence-electron chi connectivity index (χ1n) is 8.81. The molecule has 136 valence electrons. The molecule has 4 aromatic carbocycles. The van der Waals surface area contributed by atoms with E-state index in [0.29, 0.717) is 0 Å². The summed E-state index contributed by atoms with van der Waals surface area (Å²) in [7, 11) is 0. The van der Waals surface area contributed by atoms with Gasteiger partial charge in [-0.1, -0.05) is 71.9 Å². The minimum absolute atomic E-state index is 0. The normalized spacial score (nSPS) is 11.5. The molecule has 2 aromatic heterocycles. The van der Waals surface area contributed by atoms with Gasteiger partial charge >= 0.3 is 0 Å². The predicted octanol–water partition coefficient (Wildman–Crippen LogP) is 8.55. The summed E-state index contributed by atoms with van der Waals surface area (Å²) in [5.74, 6) is 0. The monoisotopic (exact) mass is 428 g/mol. The van der Waals surface area contributed by atoms with Crippen LogP contribution in [-0.2, 0) is 0 Å². The van der Waals surface area contributed by atoms with E-state index in [0.717, 1.165) is 59.5 Å². The zero-order valence-electron chi connectivity index (χ0n) is 14.2. The molecule has 0 amide bonds. The fourth-order valence-corrected chi connectivity index (χ4v) is 4.52. The van der Waals surface area contributed by atoms with Crippen molar-refractivity contribution >= 4 is 59.8 Å². The molecule has 0 aliphatic rings. The molecule has 6 aromatic rings. The molecule has 2 nitrogen and oxygen atoms in total. The Morgan fingerprint density at radius 1 is 0.536 bits per heavy atom. The Hall–Kier alpha value is -3.04. The van der Waals surface area contributed by atoms with Crippen molar-refractivity contribution in [3.63, 3.8) is 0 Å². The van der Waals surface area contributed by atoms with Crippen molar-refractivity contribution in [3.8, 4) is 11.1 Å². The summed E-state index contributed by atoms with van der Waals surface area (Å²) in [6.45, 7) is 0. The fraction of sp³-hybridized carbons (Fsp3) is 0.0400. The zero-order valence-corrected chi connectivity index (χ0v) is 15.8. The van der Waals surface area contributed by atoms with E-state index in [4.69, 9.17) is 8.83 Å². The maximum Gasteiger partial charge on any atom is 0.144 e. The van der Waals surface area contributed by atoms with Gasteiger partial charge in [-0.05, 0) is 35.9 Å².